The predicted octanol–water partition coefficient (Wildman–Crippen LogP) is 2.60. The van der Waals surface area contributed by atoms with E-state index < -0.39 is 11.7 Å². The molecule has 0 fully saturated rings. The molecule has 2 nitrogen and oxygen atoms in total. The van der Waals surface area contributed by atoms with E-state index in [-0.39, 0.29) is 22.8 Å². The smallest absolute Gasteiger partial charge is 0.396 e. The highest BCUT2D eigenvalue weighted by molar-refractivity contribution is 7.99. The molecular weight excluding hydrogens is 241 g/mol. The van der Waals surface area contributed by atoms with Crippen LogP contribution in [0.15, 0.2) is 23.1 Å². The van der Waals surface area contributed by atoms with Crippen LogP contribution >= 0.6 is 11.8 Å². The SMILES string of the molecule is O=Cc1ccc(SCCO)c(C(F)(F)F)c1. The Morgan fingerprint density at radius 2 is 2.06 bits per heavy atom. The standard InChI is InChI=1S/C10H9F3O2S/c11-10(12,13)8-5-7(6-15)1-2-9(8)16-4-3-14/h1-2,5-6,14H,3-4H2. The Kier molecular flexibility index (Phi) is 4.37. The molecule has 0 saturated heterocycles. The number of aldehydes is 1. The molecule has 0 heterocycles. The lowest BCUT2D eigenvalue weighted by molar-refractivity contribution is -0.139. The zero-order chi connectivity index (χ0) is 12.2. The minimum atomic E-state index is -4.49. The van der Waals surface area contributed by atoms with Crippen LogP contribution in [0.25, 0.3) is 0 Å². The van der Waals surface area contributed by atoms with Crippen LogP contribution in [0.3, 0.4) is 0 Å². The molecule has 0 aliphatic heterocycles. The monoisotopic (exact) mass is 250 g/mol. The average Bonchev–Trinajstić information content (AvgIpc) is 2.25. The van der Waals surface area contributed by atoms with Gasteiger partial charge in [-0.2, -0.15) is 13.2 Å². The van der Waals surface area contributed by atoms with Gasteiger partial charge in [-0.1, -0.05) is 6.07 Å². The first-order valence-corrected chi connectivity index (χ1v) is 5.37. The second-order valence-corrected chi connectivity index (χ2v) is 4.08. The Hall–Kier alpha value is -1.01. The summed E-state index contributed by atoms with van der Waals surface area (Å²) in [5, 5.41) is 8.56. The summed E-state index contributed by atoms with van der Waals surface area (Å²) >= 11 is 0.907. The third kappa shape index (κ3) is 3.24. The number of alkyl halides is 3. The normalized spacial score (nSPS) is 11.5. The van der Waals surface area contributed by atoms with Crippen LogP contribution in [0.5, 0.6) is 0 Å². The molecule has 0 aliphatic rings. The molecule has 1 rings (SSSR count). The number of carbonyl (C=O) groups excluding carboxylic acids is 1. The summed E-state index contributed by atoms with van der Waals surface area (Å²) in [5.41, 5.74) is -0.851. The quantitative estimate of drug-likeness (QED) is 0.659. The number of aliphatic hydroxyl groups is 1. The molecule has 0 bridgehead atoms. The zero-order valence-electron chi connectivity index (χ0n) is 8.12. The highest BCUT2D eigenvalue weighted by Crippen LogP contribution is 2.36. The average molecular weight is 250 g/mol. The predicted molar refractivity (Wildman–Crippen MR) is 54.6 cm³/mol. The van der Waals surface area contributed by atoms with Gasteiger partial charge in [0.1, 0.15) is 6.29 Å². The highest BCUT2D eigenvalue weighted by atomic mass is 32.2. The fourth-order valence-electron chi connectivity index (χ4n) is 1.12. The summed E-state index contributed by atoms with van der Waals surface area (Å²) in [6, 6.07) is 3.38. The molecule has 0 radical (unpaired) electrons. The van der Waals surface area contributed by atoms with E-state index in [0.717, 1.165) is 17.8 Å². The van der Waals surface area contributed by atoms with E-state index in [1.54, 1.807) is 0 Å². The van der Waals surface area contributed by atoms with Crippen LogP contribution in [0, 0.1) is 0 Å². The van der Waals surface area contributed by atoms with Gasteiger partial charge in [0.2, 0.25) is 0 Å². The van der Waals surface area contributed by atoms with E-state index in [0.29, 0.717) is 6.29 Å². The Morgan fingerprint density at radius 1 is 1.38 bits per heavy atom. The molecule has 0 atom stereocenters. The maximum absolute atomic E-state index is 12.6. The van der Waals surface area contributed by atoms with Gasteiger partial charge < -0.3 is 5.11 Å². The first-order valence-electron chi connectivity index (χ1n) is 4.39. The Balaban J connectivity index is 3.11. The van der Waals surface area contributed by atoms with Gasteiger partial charge in [0.15, 0.2) is 0 Å². The van der Waals surface area contributed by atoms with Crippen LogP contribution in [0.1, 0.15) is 15.9 Å². The Morgan fingerprint density at radius 3 is 2.56 bits per heavy atom. The van der Waals surface area contributed by atoms with Crippen LogP contribution < -0.4 is 0 Å². The first kappa shape index (κ1) is 13.1. The summed E-state index contributed by atoms with van der Waals surface area (Å²) < 4.78 is 37.8. The molecule has 0 unspecified atom stereocenters. The van der Waals surface area contributed by atoms with Gasteiger partial charge in [-0.3, -0.25) is 4.79 Å². The van der Waals surface area contributed by atoms with Gasteiger partial charge in [0, 0.05) is 16.2 Å². The van der Waals surface area contributed by atoms with Crippen molar-refractivity contribution in [1.29, 1.82) is 0 Å². The fourth-order valence-corrected chi connectivity index (χ4v) is 1.93. The van der Waals surface area contributed by atoms with Gasteiger partial charge in [0.25, 0.3) is 0 Å². The molecule has 0 saturated carbocycles. The van der Waals surface area contributed by atoms with Crippen molar-refractivity contribution in [2.45, 2.75) is 11.1 Å². The summed E-state index contributed by atoms with van der Waals surface area (Å²) in [6.45, 7) is -0.197. The van der Waals surface area contributed by atoms with Crippen LogP contribution in [0.2, 0.25) is 0 Å². The number of benzene rings is 1. The number of carbonyl (C=O) groups is 1. The second kappa shape index (κ2) is 5.36. The van der Waals surface area contributed by atoms with Crippen LogP contribution in [-0.2, 0) is 6.18 Å². The summed E-state index contributed by atoms with van der Waals surface area (Å²) in [5.74, 6) is 0.184. The number of rotatable bonds is 4. The third-order valence-electron chi connectivity index (χ3n) is 1.79. The number of thioether (sulfide) groups is 1. The van der Waals surface area contributed by atoms with Gasteiger partial charge in [0.05, 0.1) is 12.2 Å². The fraction of sp³-hybridized carbons (Fsp3) is 0.300. The van der Waals surface area contributed by atoms with E-state index in [2.05, 4.69) is 0 Å². The molecule has 88 valence electrons. The largest absolute Gasteiger partial charge is 0.417 e. The van der Waals surface area contributed by atoms with Crippen molar-refractivity contribution in [2.24, 2.45) is 0 Å². The lowest BCUT2D eigenvalue weighted by Crippen LogP contribution is -2.08. The Bertz CT molecular complexity index is 377. The highest BCUT2D eigenvalue weighted by Gasteiger charge is 2.33. The van der Waals surface area contributed by atoms with Crippen molar-refractivity contribution in [3.05, 3.63) is 29.3 Å². The molecule has 0 aliphatic carbocycles. The van der Waals surface area contributed by atoms with E-state index in [9.17, 15) is 18.0 Å². The van der Waals surface area contributed by atoms with Crippen LogP contribution in [0.4, 0.5) is 13.2 Å². The van der Waals surface area contributed by atoms with Gasteiger partial charge in [-0.15, -0.1) is 11.8 Å². The van der Waals surface area contributed by atoms with Crippen molar-refractivity contribution in [3.63, 3.8) is 0 Å². The lowest BCUT2D eigenvalue weighted by atomic mass is 10.1. The third-order valence-corrected chi connectivity index (χ3v) is 2.85. The zero-order valence-corrected chi connectivity index (χ0v) is 8.94. The number of aliphatic hydroxyl groups excluding tert-OH is 1. The minimum absolute atomic E-state index is 0.0133. The molecule has 0 amide bonds. The summed E-state index contributed by atoms with van der Waals surface area (Å²) in [6.07, 6.45) is -4.12. The van der Waals surface area contributed by atoms with Gasteiger partial charge >= 0.3 is 6.18 Å². The number of hydrogen-bond donors (Lipinski definition) is 1. The van der Waals surface area contributed by atoms with Gasteiger partial charge in [-0.25, -0.2) is 0 Å². The lowest BCUT2D eigenvalue weighted by Gasteiger charge is -2.12. The molecule has 0 aromatic heterocycles. The summed E-state index contributed by atoms with van der Waals surface area (Å²) in [7, 11) is 0. The molecule has 0 spiro atoms. The Labute approximate surface area is 94.5 Å². The molecule has 1 aromatic rings. The second-order valence-electron chi connectivity index (χ2n) is 2.94. The number of halogens is 3. The van der Waals surface area contributed by atoms with Crippen molar-refractivity contribution in [2.75, 3.05) is 12.4 Å². The summed E-state index contributed by atoms with van der Waals surface area (Å²) in [4.78, 5) is 10.4. The topological polar surface area (TPSA) is 37.3 Å². The van der Waals surface area contributed by atoms with Gasteiger partial charge in [-0.05, 0) is 12.1 Å². The van der Waals surface area contributed by atoms with E-state index in [1.165, 1.54) is 12.1 Å². The maximum atomic E-state index is 12.6. The molecule has 6 heteroatoms. The first-order chi connectivity index (χ1) is 7.49. The maximum Gasteiger partial charge on any atom is 0.417 e. The van der Waals surface area contributed by atoms with Crippen LogP contribution in [-0.4, -0.2) is 23.8 Å². The van der Waals surface area contributed by atoms with E-state index in [1.807, 2.05) is 0 Å². The number of hydrogen-bond acceptors (Lipinski definition) is 3. The molecular formula is C10H9F3O2S. The van der Waals surface area contributed by atoms with E-state index >= 15 is 0 Å². The molecule has 1 aromatic carbocycles. The van der Waals surface area contributed by atoms with E-state index in [4.69, 9.17) is 5.11 Å². The molecule has 16 heavy (non-hydrogen) atoms. The van der Waals surface area contributed by atoms with Crippen molar-refractivity contribution >= 4 is 18.0 Å². The van der Waals surface area contributed by atoms with Crippen molar-refractivity contribution in [1.82, 2.24) is 0 Å². The van der Waals surface area contributed by atoms with Crippen molar-refractivity contribution in [3.8, 4) is 0 Å². The molecule has 1 N–H and O–H groups in total. The van der Waals surface area contributed by atoms with Crippen molar-refractivity contribution < 1.29 is 23.1 Å². The minimum Gasteiger partial charge on any atom is -0.396 e.